The molecule has 2 aromatic carbocycles. The average Bonchev–Trinajstić information content (AvgIpc) is 2.79. The fraction of sp³-hybridized carbons (Fsp3) is 0.435. The van der Waals surface area contributed by atoms with Crippen molar-refractivity contribution in [1.82, 2.24) is 4.90 Å². The van der Waals surface area contributed by atoms with Gasteiger partial charge in [0.05, 0.1) is 50.9 Å². The molecule has 3 rings (SSSR count). The van der Waals surface area contributed by atoms with Crippen molar-refractivity contribution in [2.75, 3.05) is 64.3 Å². The lowest BCUT2D eigenvalue weighted by molar-refractivity contribution is -0.137. The maximum atomic E-state index is 13.3. The van der Waals surface area contributed by atoms with E-state index < -0.39 is 17.6 Å². The number of anilines is 2. The summed E-state index contributed by atoms with van der Waals surface area (Å²) in [5.41, 5.74) is 0.707. The van der Waals surface area contributed by atoms with Gasteiger partial charge in [-0.2, -0.15) is 13.2 Å². The van der Waals surface area contributed by atoms with Crippen molar-refractivity contribution in [2.24, 2.45) is 0 Å². The Morgan fingerprint density at radius 3 is 2.48 bits per heavy atom. The van der Waals surface area contributed by atoms with Gasteiger partial charge in [-0.25, -0.2) is 0 Å². The third-order valence-electron chi connectivity index (χ3n) is 5.30. The van der Waals surface area contributed by atoms with Gasteiger partial charge in [0.1, 0.15) is 11.5 Å². The minimum Gasteiger partial charge on any atom is -0.497 e. The number of nitrogens with zero attached hydrogens (tertiary/aromatic N) is 2. The number of ether oxygens (including phenoxy) is 3. The fourth-order valence-corrected chi connectivity index (χ4v) is 3.66. The van der Waals surface area contributed by atoms with Crippen LogP contribution in [0.2, 0.25) is 0 Å². The number of morpholine rings is 1. The van der Waals surface area contributed by atoms with E-state index in [1.807, 2.05) is 11.0 Å². The summed E-state index contributed by atoms with van der Waals surface area (Å²) in [6, 6.07) is 8.80. The van der Waals surface area contributed by atoms with E-state index in [4.69, 9.17) is 14.2 Å². The highest BCUT2D eigenvalue weighted by atomic mass is 19.4. The number of carbonyl (C=O) groups is 1. The molecule has 2 aromatic rings. The van der Waals surface area contributed by atoms with Crippen molar-refractivity contribution < 1.29 is 32.2 Å². The SMILES string of the molecule is COc1ccc(CN(C)CC(=O)Nc2cc(C(F)(F)F)ccc2N2CCOCC2)c(OC)c1. The molecule has 1 amide bonds. The molecule has 1 saturated heterocycles. The zero-order valence-electron chi connectivity index (χ0n) is 18.9. The second-order valence-electron chi connectivity index (χ2n) is 7.73. The molecule has 1 heterocycles. The summed E-state index contributed by atoms with van der Waals surface area (Å²) >= 11 is 0. The number of carbonyl (C=O) groups excluding carboxylic acids is 1. The zero-order chi connectivity index (χ0) is 24.0. The average molecular weight is 467 g/mol. The van der Waals surface area contributed by atoms with Gasteiger partial charge in [0.15, 0.2) is 0 Å². The first-order valence-corrected chi connectivity index (χ1v) is 10.4. The van der Waals surface area contributed by atoms with Crippen molar-refractivity contribution in [3.05, 3.63) is 47.5 Å². The number of likely N-dealkylation sites (N-methyl/N-ethyl adjacent to an activating group) is 1. The smallest absolute Gasteiger partial charge is 0.416 e. The maximum Gasteiger partial charge on any atom is 0.416 e. The Hall–Kier alpha value is -2.98. The van der Waals surface area contributed by atoms with Crippen LogP contribution in [-0.4, -0.2) is 64.9 Å². The molecule has 0 spiro atoms. The molecule has 1 aliphatic rings. The molecule has 0 aliphatic carbocycles. The molecule has 0 unspecified atom stereocenters. The monoisotopic (exact) mass is 467 g/mol. The lowest BCUT2D eigenvalue weighted by atomic mass is 10.1. The number of halogens is 3. The van der Waals surface area contributed by atoms with Crippen LogP contribution in [0.5, 0.6) is 11.5 Å². The standard InChI is InChI=1S/C23H28F3N3O4/c1-28(14-16-4-6-18(31-2)13-21(16)32-3)15-22(30)27-19-12-17(23(24,25)26)5-7-20(19)29-8-10-33-11-9-29/h4-7,12-13H,8-11,14-15H2,1-3H3,(H,27,30). The maximum absolute atomic E-state index is 13.3. The summed E-state index contributed by atoms with van der Waals surface area (Å²) in [5.74, 6) is 0.851. The predicted octanol–water partition coefficient (Wildman–Crippen LogP) is 3.63. The topological polar surface area (TPSA) is 63.3 Å². The molecule has 1 fully saturated rings. The third kappa shape index (κ3) is 6.52. The Morgan fingerprint density at radius 1 is 1.12 bits per heavy atom. The highest BCUT2D eigenvalue weighted by Gasteiger charge is 2.32. The van der Waals surface area contributed by atoms with Crippen molar-refractivity contribution in [1.29, 1.82) is 0 Å². The molecule has 0 bridgehead atoms. The first kappa shape index (κ1) is 24.7. The quantitative estimate of drug-likeness (QED) is 0.640. The molecule has 10 heteroatoms. The second-order valence-corrected chi connectivity index (χ2v) is 7.73. The van der Waals surface area contributed by atoms with Crippen LogP contribution in [0.1, 0.15) is 11.1 Å². The van der Waals surface area contributed by atoms with Gasteiger partial charge in [-0.05, 0) is 31.3 Å². The van der Waals surface area contributed by atoms with Crippen molar-refractivity contribution in [2.45, 2.75) is 12.7 Å². The summed E-state index contributed by atoms with van der Waals surface area (Å²) in [6.45, 7) is 2.39. The third-order valence-corrected chi connectivity index (χ3v) is 5.30. The number of rotatable bonds is 8. The molecule has 180 valence electrons. The van der Waals surface area contributed by atoms with Gasteiger partial charge in [0.25, 0.3) is 0 Å². The number of nitrogens with one attached hydrogen (secondary N) is 1. The Labute approximate surface area is 191 Å². The van der Waals surface area contributed by atoms with Crippen molar-refractivity contribution in [3.8, 4) is 11.5 Å². The summed E-state index contributed by atoms with van der Waals surface area (Å²) in [6.07, 6.45) is -4.51. The zero-order valence-corrected chi connectivity index (χ0v) is 18.9. The van der Waals surface area contributed by atoms with Crippen molar-refractivity contribution >= 4 is 17.3 Å². The summed E-state index contributed by atoms with van der Waals surface area (Å²) < 4.78 is 55.8. The van der Waals surface area contributed by atoms with Crippen LogP contribution in [0.4, 0.5) is 24.5 Å². The van der Waals surface area contributed by atoms with Gasteiger partial charge >= 0.3 is 6.18 Å². The summed E-state index contributed by atoms with van der Waals surface area (Å²) in [7, 11) is 4.86. The highest BCUT2D eigenvalue weighted by Crippen LogP contribution is 2.36. The predicted molar refractivity (Wildman–Crippen MR) is 119 cm³/mol. The molecular formula is C23H28F3N3O4. The van der Waals surface area contributed by atoms with Crippen LogP contribution in [0.25, 0.3) is 0 Å². The summed E-state index contributed by atoms with van der Waals surface area (Å²) in [5, 5.41) is 2.67. The molecule has 1 aliphatic heterocycles. The van der Waals surface area contributed by atoms with Gasteiger partial charge < -0.3 is 24.4 Å². The molecule has 0 radical (unpaired) electrons. The van der Waals surface area contributed by atoms with E-state index in [1.54, 1.807) is 38.3 Å². The molecule has 33 heavy (non-hydrogen) atoms. The van der Waals surface area contributed by atoms with E-state index >= 15 is 0 Å². The number of hydrogen-bond donors (Lipinski definition) is 1. The summed E-state index contributed by atoms with van der Waals surface area (Å²) in [4.78, 5) is 16.4. The van der Waals surface area contributed by atoms with Crippen LogP contribution >= 0.6 is 0 Å². The van der Waals surface area contributed by atoms with Gasteiger partial charge in [-0.3, -0.25) is 9.69 Å². The highest BCUT2D eigenvalue weighted by molar-refractivity contribution is 5.95. The number of amides is 1. The molecule has 0 atom stereocenters. The van der Waals surface area contributed by atoms with Crippen LogP contribution in [0.3, 0.4) is 0 Å². The Balaban J connectivity index is 1.73. The number of alkyl halides is 3. The normalized spacial score (nSPS) is 14.3. The molecule has 1 N–H and O–H groups in total. The number of hydrogen-bond acceptors (Lipinski definition) is 6. The largest absolute Gasteiger partial charge is 0.497 e. The van der Waals surface area contributed by atoms with Crippen LogP contribution in [0, 0.1) is 0 Å². The Bertz CT molecular complexity index is 962. The van der Waals surface area contributed by atoms with E-state index in [0.29, 0.717) is 50.0 Å². The molecule has 0 aromatic heterocycles. The molecule has 0 saturated carbocycles. The first-order chi connectivity index (χ1) is 15.7. The Kier molecular flexibility index (Phi) is 8.04. The Morgan fingerprint density at radius 2 is 1.85 bits per heavy atom. The van der Waals surface area contributed by atoms with E-state index in [-0.39, 0.29) is 12.2 Å². The number of benzene rings is 2. The fourth-order valence-electron chi connectivity index (χ4n) is 3.66. The number of methoxy groups -OCH3 is 2. The van der Waals surface area contributed by atoms with E-state index in [2.05, 4.69) is 5.32 Å². The van der Waals surface area contributed by atoms with Gasteiger partial charge in [0.2, 0.25) is 5.91 Å². The minimum absolute atomic E-state index is 0.0199. The lowest BCUT2D eigenvalue weighted by Crippen LogP contribution is -2.37. The minimum atomic E-state index is -4.51. The second kappa shape index (κ2) is 10.8. The van der Waals surface area contributed by atoms with Gasteiger partial charge in [0, 0.05) is 31.3 Å². The van der Waals surface area contributed by atoms with E-state index in [0.717, 1.165) is 17.7 Å². The van der Waals surface area contributed by atoms with Crippen LogP contribution in [0.15, 0.2) is 36.4 Å². The van der Waals surface area contributed by atoms with Gasteiger partial charge in [-0.1, -0.05) is 6.07 Å². The molecule has 7 nitrogen and oxygen atoms in total. The van der Waals surface area contributed by atoms with Crippen molar-refractivity contribution in [3.63, 3.8) is 0 Å². The van der Waals surface area contributed by atoms with Gasteiger partial charge in [-0.15, -0.1) is 0 Å². The molecular weight excluding hydrogens is 439 g/mol. The first-order valence-electron chi connectivity index (χ1n) is 10.4. The van der Waals surface area contributed by atoms with E-state index in [1.165, 1.54) is 6.07 Å². The van der Waals surface area contributed by atoms with Crippen LogP contribution < -0.4 is 19.7 Å². The van der Waals surface area contributed by atoms with E-state index in [9.17, 15) is 18.0 Å². The van der Waals surface area contributed by atoms with Crippen LogP contribution in [-0.2, 0) is 22.3 Å². The lowest BCUT2D eigenvalue weighted by Gasteiger charge is -2.31.